The van der Waals surface area contributed by atoms with Crippen molar-refractivity contribution in [3.63, 3.8) is 0 Å². The number of hydrogen-bond donors (Lipinski definition) is 3. The molecule has 160 valence electrons. The van der Waals surface area contributed by atoms with Gasteiger partial charge in [0.05, 0.1) is 18.5 Å². The average Bonchev–Trinajstić information content (AvgIpc) is 2.76. The van der Waals surface area contributed by atoms with Crippen molar-refractivity contribution in [2.45, 2.75) is 51.2 Å². The zero-order valence-corrected chi connectivity index (χ0v) is 17.5. The fourth-order valence-electron chi connectivity index (χ4n) is 3.64. The van der Waals surface area contributed by atoms with Crippen LogP contribution in [-0.4, -0.2) is 50.9 Å². The SMILES string of the molecule is CCC(C)c1ccc(Nc2ncn(CC3(O)CCN(C=O)CC3)c(=O)c2C=N)cc1. The number of benzene rings is 1. The van der Waals surface area contributed by atoms with Crippen LogP contribution in [0.1, 0.15) is 50.2 Å². The van der Waals surface area contributed by atoms with E-state index in [9.17, 15) is 14.7 Å². The highest BCUT2D eigenvalue weighted by molar-refractivity contribution is 5.85. The minimum atomic E-state index is -1.08. The first-order valence-electron chi connectivity index (χ1n) is 10.3. The number of carbonyl (C=O) groups excluding carboxylic acids is 1. The lowest BCUT2D eigenvalue weighted by atomic mass is 9.91. The number of piperidine rings is 1. The van der Waals surface area contributed by atoms with Crippen molar-refractivity contribution in [1.29, 1.82) is 5.41 Å². The molecule has 2 heterocycles. The number of carbonyl (C=O) groups is 1. The topological polar surface area (TPSA) is 111 Å². The summed E-state index contributed by atoms with van der Waals surface area (Å²) in [4.78, 5) is 29.7. The summed E-state index contributed by atoms with van der Waals surface area (Å²) in [5.74, 6) is 0.785. The summed E-state index contributed by atoms with van der Waals surface area (Å²) in [6.45, 7) is 5.30. The molecule has 0 spiro atoms. The molecule has 8 heteroatoms. The second kappa shape index (κ2) is 9.21. The van der Waals surface area contributed by atoms with Crippen molar-refractivity contribution < 1.29 is 9.90 Å². The molecule has 1 amide bonds. The van der Waals surface area contributed by atoms with Crippen LogP contribution < -0.4 is 10.9 Å². The molecule has 1 aliphatic rings. The maximum atomic E-state index is 12.9. The maximum absolute atomic E-state index is 12.9. The van der Waals surface area contributed by atoms with Crippen molar-refractivity contribution in [1.82, 2.24) is 14.5 Å². The lowest BCUT2D eigenvalue weighted by molar-refractivity contribution is -0.122. The zero-order valence-electron chi connectivity index (χ0n) is 17.5. The van der Waals surface area contributed by atoms with Crippen LogP contribution in [0.15, 0.2) is 35.4 Å². The van der Waals surface area contributed by atoms with Gasteiger partial charge >= 0.3 is 0 Å². The molecule has 8 nitrogen and oxygen atoms in total. The van der Waals surface area contributed by atoms with Gasteiger partial charge in [0.1, 0.15) is 11.4 Å². The number of anilines is 2. The van der Waals surface area contributed by atoms with E-state index in [1.165, 1.54) is 16.5 Å². The Kier molecular flexibility index (Phi) is 6.66. The van der Waals surface area contributed by atoms with Gasteiger partial charge < -0.3 is 20.7 Å². The minimum Gasteiger partial charge on any atom is -0.388 e. The predicted molar refractivity (Wildman–Crippen MR) is 117 cm³/mol. The van der Waals surface area contributed by atoms with E-state index >= 15 is 0 Å². The minimum absolute atomic E-state index is 0.0796. The lowest BCUT2D eigenvalue weighted by Gasteiger charge is -2.36. The summed E-state index contributed by atoms with van der Waals surface area (Å²) in [7, 11) is 0. The predicted octanol–water partition coefficient (Wildman–Crippen LogP) is 2.48. The van der Waals surface area contributed by atoms with Gasteiger partial charge in [-0.3, -0.25) is 14.2 Å². The fraction of sp³-hybridized carbons (Fsp3) is 0.455. The van der Waals surface area contributed by atoms with E-state index in [1.807, 2.05) is 24.3 Å². The molecule has 1 fully saturated rings. The van der Waals surface area contributed by atoms with Gasteiger partial charge in [0.15, 0.2) is 0 Å². The van der Waals surface area contributed by atoms with Crippen LogP contribution in [0.5, 0.6) is 0 Å². The number of nitrogens with one attached hydrogen (secondary N) is 2. The molecule has 1 atom stereocenters. The van der Waals surface area contributed by atoms with Crippen molar-refractivity contribution in [2.24, 2.45) is 0 Å². The third-order valence-corrected chi connectivity index (χ3v) is 5.91. The van der Waals surface area contributed by atoms with Gasteiger partial charge in [-0.15, -0.1) is 0 Å². The molecular formula is C22H29N5O3. The largest absolute Gasteiger partial charge is 0.388 e. The molecule has 0 saturated carbocycles. The van der Waals surface area contributed by atoms with E-state index < -0.39 is 5.60 Å². The number of nitrogens with zero attached hydrogens (tertiary/aromatic N) is 3. The molecule has 3 N–H and O–H groups in total. The molecule has 1 saturated heterocycles. The average molecular weight is 412 g/mol. The molecule has 1 unspecified atom stereocenters. The molecule has 1 aromatic carbocycles. The molecule has 1 aromatic heterocycles. The molecular weight excluding hydrogens is 382 g/mol. The molecule has 2 aromatic rings. The van der Waals surface area contributed by atoms with E-state index in [2.05, 4.69) is 24.1 Å². The van der Waals surface area contributed by atoms with Crippen molar-refractivity contribution in [2.75, 3.05) is 18.4 Å². The number of hydrogen-bond acceptors (Lipinski definition) is 6. The molecule has 0 aliphatic carbocycles. The summed E-state index contributed by atoms with van der Waals surface area (Å²) >= 11 is 0. The number of aliphatic hydroxyl groups is 1. The fourth-order valence-corrected chi connectivity index (χ4v) is 3.64. The third kappa shape index (κ3) is 4.76. The van der Waals surface area contributed by atoms with Gasteiger partial charge in [0, 0.05) is 25.0 Å². The van der Waals surface area contributed by atoms with Crippen LogP contribution in [-0.2, 0) is 11.3 Å². The molecule has 1 aliphatic heterocycles. The molecule has 3 rings (SSSR count). The first kappa shape index (κ1) is 21.7. The van der Waals surface area contributed by atoms with Gasteiger partial charge in [-0.1, -0.05) is 26.0 Å². The van der Waals surface area contributed by atoms with E-state index in [4.69, 9.17) is 5.41 Å². The van der Waals surface area contributed by atoms with Crippen LogP contribution in [0, 0.1) is 5.41 Å². The van der Waals surface area contributed by atoms with E-state index in [-0.39, 0.29) is 17.7 Å². The molecule has 0 radical (unpaired) electrons. The first-order valence-corrected chi connectivity index (χ1v) is 10.3. The number of aromatic nitrogens is 2. The highest BCUT2D eigenvalue weighted by atomic mass is 16.3. The van der Waals surface area contributed by atoms with Crippen molar-refractivity contribution in [3.05, 3.63) is 52.1 Å². The second-order valence-corrected chi connectivity index (χ2v) is 8.01. The lowest BCUT2D eigenvalue weighted by Crippen LogP contribution is -2.48. The Morgan fingerprint density at radius 1 is 1.30 bits per heavy atom. The van der Waals surface area contributed by atoms with Gasteiger partial charge in [-0.25, -0.2) is 4.98 Å². The van der Waals surface area contributed by atoms with Gasteiger partial charge in [0.25, 0.3) is 5.56 Å². The van der Waals surface area contributed by atoms with Crippen molar-refractivity contribution >= 4 is 24.1 Å². The normalized spacial score (nSPS) is 16.7. The summed E-state index contributed by atoms with van der Waals surface area (Å²) in [6.07, 6.45) is 5.00. The second-order valence-electron chi connectivity index (χ2n) is 8.01. The maximum Gasteiger partial charge on any atom is 0.264 e. The van der Waals surface area contributed by atoms with Gasteiger partial charge in [-0.2, -0.15) is 0 Å². The molecule has 0 bridgehead atoms. The Hall–Kier alpha value is -3.00. The van der Waals surface area contributed by atoms with Crippen LogP contribution in [0.2, 0.25) is 0 Å². The standard InChI is InChI=1S/C22H29N5O3/c1-3-16(2)17-4-6-18(7-5-17)25-20-19(12-23)21(29)27(14-24-20)13-22(30)8-10-26(15-28)11-9-22/h4-7,12,14-16,23,25,30H,3,8-11,13H2,1-2H3. The van der Waals surface area contributed by atoms with E-state index in [1.54, 1.807) is 4.90 Å². The Labute approximate surface area is 176 Å². The summed E-state index contributed by atoms with van der Waals surface area (Å²) < 4.78 is 1.34. The molecule has 30 heavy (non-hydrogen) atoms. The van der Waals surface area contributed by atoms with Crippen LogP contribution in [0.25, 0.3) is 0 Å². The Morgan fingerprint density at radius 3 is 2.53 bits per heavy atom. The zero-order chi connectivity index (χ0) is 21.7. The number of amides is 1. The highest BCUT2D eigenvalue weighted by Crippen LogP contribution is 2.24. The Bertz CT molecular complexity index is 946. The monoisotopic (exact) mass is 411 g/mol. The van der Waals surface area contributed by atoms with Gasteiger partial charge in [0.2, 0.25) is 6.41 Å². The van der Waals surface area contributed by atoms with Gasteiger partial charge in [-0.05, 0) is 42.9 Å². The number of rotatable bonds is 8. The summed E-state index contributed by atoms with van der Waals surface area (Å²) in [5, 5.41) is 21.6. The highest BCUT2D eigenvalue weighted by Gasteiger charge is 2.33. The first-order chi connectivity index (χ1) is 14.4. The van der Waals surface area contributed by atoms with E-state index in [0.717, 1.165) is 24.7 Å². The Morgan fingerprint density at radius 2 is 1.97 bits per heavy atom. The smallest absolute Gasteiger partial charge is 0.264 e. The van der Waals surface area contributed by atoms with E-state index in [0.29, 0.717) is 37.7 Å². The quantitative estimate of drug-likeness (QED) is 0.456. The van der Waals surface area contributed by atoms with Crippen LogP contribution in [0.3, 0.4) is 0 Å². The van der Waals surface area contributed by atoms with Crippen molar-refractivity contribution in [3.8, 4) is 0 Å². The van der Waals surface area contributed by atoms with Crippen LogP contribution in [0.4, 0.5) is 11.5 Å². The summed E-state index contributed by atoms with van der Waals surface area (Å²) in [6, 6.07) is 7.96. The Balaban J connectivity index is 1.78. The third-order valence-electron chi connectivity index (χ3n) is 5.91. The number of likely N-dealkylation sites (tertiary alicyclic amines) is 1. The summed E-state index contributed by atoms with van der Waals surface area (Å²) in [5.41, 5.74) is 0.704. The van der Waals surface area contributed by atoms with Crippen LogP contribution >= 0.6 is 0 Å².